The zero-order valence-corrected chi connectivity index (χ0v) is 23.5. The van der Waals surface area contributed by atoms with Crippen LogP contribution in [0, 0.1) is 18.2 Å². The lowest BCUT2D eigenvalue weighted by molar-refractivity contribution is 0.111. The van der Waals surface area contributed by atoms with Gasteiger partial charge < -0.3 is 24.6 Å². The van der Waals surface area contributed by atoms with Crippen LogP contribution in [0.2, 0.25) is 0 Å². The second-order valence-electron chi connectivity index (χ2n) is 12.4. The molecular weight excluding hydrogens is 533 g/mol. The van der Waals surface area contributed by atoms with Crippen LogP contribution in [0.3, 0.4) is 0 Å². The van der Waals surface area contributed by atoms with Gasteiger partial charge in [-0.3, -0.25) is 4.90 Å². The first-order chi connectivity index (χ1) is 20.5. The molecule has 10 heteroatoms. The molecule has 216 valence electrons. The fourth-order valence-corrected chi connectivity index (χ4v) is 7.85. The highest BCUT2D eigenvalue weighted by molar-refractivity contribution is 5.92. The standard InChI is InChI=1S/C32H34FN7O2/c1-2-25-26(33)8-5-20-13-24(41)14-21(27(20)25)15-39-19-34-28-29(39)36-31(38-16-22-6-7-23(17-38)35-22)37-30(28)42-18-32-9-3-11-40(32)12-4-10-32/h1,5,8,13-14,19,22-23,35,41H,3-4,6-7,9-12,15-18H2. The topological polar surface area (TPSA) is 91.6 Å². The van der Waals surface area contributed by atoms with Gasteiger partial charge in [-0.1, -0.05) is 12.0 Å². The lowest BCUT2D eigenvalue weighted by Gasteiger charge is -2.33. The normalized spacial score (nSPS) is 23.1. The van der Waals surface area contributed by atoms with Gasteiger partial charge in [0.25, 0.3) is 0 Å². The molecule has 2 aromatic heterocycles. The number of ether oxygens (including phenoxy) is 1. The molecule has 4 aliphatic heterocycles. The number of aromatic nitrogens is 4. The SMILES string of the molecule is C#Cc1c(F)ccc2cc(O)cc(Cn3cnc4c(OCC56CCCN5CCC6)nc(N5CC6CCC(C5)N6)nc43)c12. The van der Waals surface area contributed by atoms with Crippen molar-refractivity contribution in [3.63, 3.8) is 0 Å². The molecule has 0 saturated carbocycles. The largest absolute Gasteiger partial charge is 0.508 e. The Balaban J connectivity index is 1.21. The average molecular weight is 568 g/mol. The first-order valence-electron chi connectivity index (χ1n) is 15.0. The summed E-state index contributed by atoms with van der Waals surface area (Å²) in [6.07, 6.45) is 14.4. The molecule has 2 atom stereocenters. The van der Waals surface area contributed by atoms with Crippen LogP contribution >= 0.6 is 0 Å². The van der Waals surface area contributed by atoms with E-state index >= 15 is 0 Å². The van der Waals surface area contributed by atoms with Crippen molar-refractivity contribution in [3.8, 4) is 24.0 Å². The van der Waals surface area contributed by atoms with E-state index < -0.39 is 5.82 Å². The van der Waals surface area contributed by atoms with E-state index in [1.165, 1.54) is 18.9 Å². The number of fused-ring (bicyclic) bond motifs is 5. The van der Waals surface area contributed by atoms with Crippen LogP contribution in [0.4, 0.5) is 10.3 Å². The highest BCUT2D eigenvalue weighted by Gasteiger charge is 2.45. The van der Waals surface area contributed by atoms with Crippen molar-refractivity contribution in [1.82, 2.24) is 29.7 Å². The van der Waals surface area contributed by atoms with Gasteiger partial charge in [0.2, 0.25) is 11.8 Å². The second kappa shape index (κ2) is 9.82. The fourth-order valence-electron chi connectivity index (χ4n) is 7.85. The summed E-state index contributed by atoms with van der Waals surface area (Å²) in [6.45, 7) is 4.82. The van der Waals surface area contributed by atoms with Crippen LogP contribution in [0.15, 0.2) is 30.6 Å². The number of phenols is 1. The molecule has 0 amide bonds. The third-order valence-corrected chi connectivity index (χ3v) is 9.83. The number of rotatable bonds is 6. The zero-order valence-electron chi connectivity index (χ0n) is 23.5. The summed E-state index contributed by atoms with van der Waals surface area (Å²) < 4.78 is 23.2. The summed E-state index contributed by atoms with van der Waals surface area (Å²) in [5.41, 5.74) is 2.18. The predicted octanol–water partition coefficient (Wildman–Crippen LogP) is 3.80. The van der Waals surface area contributed by atoms with Crippen molar-refractivity contribution in [2.45, 2.75) is 62.7 Å². The number of hydrogen-bond donors (Lipinski definition) is 2. The highest BCUT2D eigenvalue weighted by Crippen LogP contribution is 2.40. The number of benzene rings is 2. The molecule has 0 aliphatic carbocycles. The number of aromatic hydroxyl groups is 1. The molecular formula is C32H34FN7O2. The van der Waals surface area contributed by atoms with Gasteiger partial charge in [-0.2, -0.15) is 9.97 Å². The third-order valence-electron chi connectivity index (χ3n) is 9.83. The van der Waals surface area contributed by atoms with E-state index in [2.05, 4.69) is 21.0 Å². The molecule has 2 bridgehead atoms. The Morgan fingerprint density at radius 2 is 1.90 bits per heavy atom. The molecule has 4 aliphatic rings. The van der Waals surface area contributed by atoms with Crippen LogP contribution < -0.4 is 15.0 Å². The minimum Gasteiger partial charge on any atom is -0.508 e. The van der Waals surface area contributed by atoms with E-state index in [4.69, 9.17) is 26.1 Å². The number of nitrogens with zero attached hydrogens (tertiary/aromatic N) is 6. The predicted molar refractivity (Wildman–Crippen MR) is 158 cm³/mol. The Kier molecular flexibility index (Phi) is 6.02. The van der Waals surface area contributed by atoms with Gasteiger partial charge in [0, 0.05) is 30.6 Å². The van der Waals surface area contributed by atoms with Crippen molar-refractivity contribution in [2.24, 2.45) is 0 Å². The molecule has 2 N–H and O–H groups in total. The van der Waals surface area contributed by atoms with Crippen LogP contribution in [-0.4, -0.2) is 79.9 Å². The number of terminal acetylenes is 1. The maximum atomic E-state index is 14.7. The van der Waals surface area contributed by atoms with E-state index in [9.17, 15) is 9.50 Å². The number of anilines is 1. The molecule has 8 rings (SSSR count). The molecule has 2 unspecified atom stereocenters. The van der Waals surface area contributed by atoms with Crippen LogP contribution in [-0.2, 0) is 6.54 Å². The average Bonchev–Trinajstić information content (AvgIpc) is 3.75. The summed E-state index contributed by atoms with van der Waals surface area (Å²) in [5.74, 6) is 3.27. The number of phenolic OH excluding ortho intramolecular Hbond substituents is 1. The van der Waals surface area contributed by atoms with Gasteiger partial charge in [0.05, 0.1) is 24.0 Å². The first kappa shape index (κ1) is 25.7. The van der Waals surface area contributed by atoms with E-state index in [1.807, 2.05) is 4.57 Å². The summed E-state index contributed by atoms with van der Waals surface area (Å²) in [4.78, 5) is 19.6. The van der Waals surface area contributed by atoms with E-state index in [1.54, 1.807) is 24.5 Å². The van der Waals surface area contributed by atoms with Crippen molar-refractivity contribution >= 4 is 27.9 Å². The van der Waals surface area contributed by atoms with Crippen molar-refractivity contribution in [2.75, 3.05) is 37.7 Å². The molecule has 4 aromatic rings. The van der Waals surface area contributed by atoms with E-state index in [0.29, 0.717) is 64.6 Å². The Labute approximate surface area is 243 Å². The maximum absolute atomic E-state index is 14.7. The minimum absolute atomic E-state index is 0.0737. The third kappa shape index (κ3) is 4.17. The summed E-state index contributed by atoms with van der Waals surface area (Å²) in [5, 5.41) is 15.5. The van der Waals surface area contributed by atoms with Gasteiger partial charge in [0.15, 0.2) is 11.2 Å². The highest BCUT2D eigenvalue weighted by atomic mass is 19.1. The number of hydrogen-bond acceptors (Lipinski definition) is 8. The van der Waals surface area contributed by atoms with Gasteiger partial charge in [0.1, 0.15) is 18.2 Å². The van der Waals surface area contributed by atoms with Crippen LogP contribution in [0.1, 0.15) is 49.7 Å². The summed E-state index contributed by atoms with van der Waals surface area (Å²) in [6, 6.07) is 7.07. The quantitative estimate of drug-likeness (QED) is 0.340. The molecule has 2 aromatic carbocycles. The van der Waals surface area contributed by atoms with Gasteiger partial charge in [-0.25, -0.2) is 9.37 Å². The lowest BCUT2D eigenvalue weighted by atomic mass is 9.95. The van der Waals surface area contributed by atoms with Gasteiger partial charge in [-0.05, 0) is 80.8 Å². The molecule has 4 saturated heterocycles. The second-order valence-corrected chi connectivity index (χ2v) is 12.4. The van der Waals surface area contributed by atoms with Crippen molar-refractivity contribution in [1.29, 1.82) is 0 Å². The zero-order chi connectivity index (χ0) is 28.4. The smallest absolute Gasteiger partial charge is 0.247 e. The number of piperazine rings is 1. The first-order valence-corrected chi connectivity index (χ1v) is 15.0. The van der Waals surface area contributed by atoms with Gasteiger partial charge >= 0.3 is 0 Å². The Morgan fingerprint density at radius 1 is 1.12 bits per heavy atom. The Hall–Kier alpha value is -3.94. The van der Waals surface area contributed by atoms with Crippen molar-refractivity contribution < 1.29 is 14.2 Å². The lowest BCUT2D eigenvalue weighted by Crippen LogP contribution is -2.51. The van der Waals surface area contributed by atoms with Gasteiger partial charge in [-0.15, -0.1) is 6.42 Å². The molecule has 42 heavy (non-hydrogen) atoms. The molecule has 6 heterocycles. The van der Waals surface area contributed by atoms with Crippen LogP contribution in [0.5, 0.6) is 11.6 Å². The fraction of sp³-hybridized carbons (Fsp3) is 0.469. The molecule has 4 fully saturated rings. The monoisotopic (exact) mass is 567 g/mol. The van der Waals surface area contributed by atoms with E-state index in [0.717, 1.165) is 51.9 Å². The van der Waals surface area contributed by atoms with Crippen LogP contribution in [0.25, 0.3) is 21.9 Å². The maximum Gasteiger partial charge on any atom is 0.247 e. The Bertz CT molecular complexity index is 1720. The molecule has 0 spiro atoms. The molecule has 0 radical (unpaired) electrons. The van der Waals surface area contributed by atoms with E-state index in [-0.39, 0.29) is 16.9 Å². The summed E-state index contributed by atoms with van der Waals surface area (Å²) in [7, 11) is 0. The number of nitrogens with one attached hydrogen (secondary N) is 1. The molecule has 9 nitrogen and oxygen atoms in total. The Morgan fingerprint density at radius 3 is 2.67 bits per heavy atom. The number of halogens is 1. The number of imidazole rings is 1. The summed E-state index contributed by atoms with van der Waals surface area (Å²) >= 11 is 0. The minimum atomic E-state index is -0.465. The van der Waals surface area contributed by atoms with Crippen molar-refractivity contribution in [3.05, 3.63) is 47.5 Å².